The Labute approximate surface area is 59.8 Å². The van der Waals surface area contributed by atoms with Crippen molar-refractivity contribution < 1.29 is 22.9 Å². The van der Waals surface area contributed by atoms with Crippen molar-refractivity contribution in [1.82, 2.24) is 0 Å². The van der Waals surface area contributed by atoms with Gasteiger partial charge in [-0.3, -0.25) is 0 Å². The van der Waals surface area contributed by atoms with Crippen LogP contribution in [-0.4, -0.2) is 0 Å². The smallest absolute Gasteiger partial charge is 0.171 e. The van der Waals surface area contributed by atoms with Gasteiger partial charge in [0.25, 0.3) is 0 Å². The zero-order valence-corrected chi connectivity index (χ0v) is 5.64. The van der Waals surface area contributed by atoms with Crippen molar-refractivity contribution in [3.63, 3.8) is 0 Å². The first-order chi connectivity index (χ1) is 4.00. The zero-order chi connectivity index (χ0) is 6.24. The van der Waals surface area contributed by atoms with Gasteiger partial charge in [-0.15, -0.1) is 0 Å². The molecule has 8 heavy (non-hydrogen) atoms. The van der Waals surface area contributed by atoms with E-state index in [0.29, 0.717) is 0 Å². The van der Waals surface area contributed by atoms with Gasteiger partial charge < -0.3 is 0 Å². The molecule has 0 aliphatic rings. The summed E-state index contributed by atoms with van der Waals surface area (Å²) < 4.78 is 9.35. The van der Waals surface area contributed by atoms with Gasteiger partial charge in [-0.05, 0) is 0 Å². The molecule has 0 aliphatic heterocycles. The largest absolute Gasteiger partial charge is 0.184 e. The Morgan fingerprint density at radius 2 is 1.50 bits per heavy atom. The second kappa shape index (κ2) is 6.81. The van der Waals surface area contributed by atoms with Gasteiger partial charge in [-0.25, -0.2) is 0 Å². The second-order valence-electron chi connectivity index (χ2n) is 1.08. The summed E-state index contributed by atoms with van der Waals surface area (Å²) in [5.74, 6) is 0. The first-order valence-corrected chi connectivity index (χ1v) is 2.62. The van der Waals surface area contributed by atoms with E-state index in [-0.39, 0.29) is 0 Å². The summed E-state index contributed by atoms with van der Waals surface area (Å²) in [4.78, 5) is 0. The van der Waals surface area contributed by atoms with Gasteiger partial charge in [-0.1, -0.05) is 0 Å². The maximum absolute atomic E-state index is 9.35. The average Bonchev–Trinajstić information content (AvgIpc) is 1.96. The Bertz CT molecular complexity index is 80.5. The third-order valence-electron chi connectivity index (χ3n) is 0.607. The van der Waals surface area contributed by atoms with Crippen LogP contribution in [0.5, 0.6) is 0 Å². The number of rotatable bonds is 0. The fourth-order valence-corrected chi connectivity index (χ4v) is 0.342. The fourth-order valence-electron chi connectivity index (χ4n) is 0.342. The topological polar surface area (TPSA) is 0 Å². The monoisotopic (exact) mass is 202 g/mol. The Balaban J connectivity index is 0.000000222. The van der Waals surface area contributed by atoms with E-state index in [1.807, 2.05) is 30.3 Å². The Morgan fingerprint density at radius 3 is 1.62 bits per heavy atom. The van der Waals surface area contributed by atoms with Gasteiger partial charge in [0.05, 0.1) is 0 Å². The van der Waals surface area contributed by atoms with Gasteiger partial charge in [0.2, 0.25) is 0 Å². The van der Waals surface area contributed by atoms with Crippen LogP contribution in [0.15, 0.2) is 30.3 Å². The summed E-state index contributed by atoms with van der Waals surface area (Å²) in [5.41, 5.74) is 0. The number of hydrogen-bond acceptors (Lipinski definition) is 0. The van der Waals surface area contributed by atoms with Crippen molar-refractivity contribution in [3.8, 4) is 0 Å². The molecule has 0 radical (unpaired) electrons. The molecule has 0 heterocycles. The molecule has 0 fully saturated rings. The predicted molar refractivity (Wildman–Crippen MR) is 26.4 cm³/mol. The first-order valence-electron chi connectivity index (χ1n) is 2.03. The Hall–Kier alpha value is -0.188. The molecule has 0 aromatic heterocycles. The molecular formula is C6H5FPd. The van der Waals surface area contributed by atoms with E-state index in [9.17, 15) is 3.22 Å². The molecule has 2 heteroatoms. The summed E-state index contributed by atoms with van der Waals surface area (Å²) >= 11 is 1.25. The molecule has 0 saturated carbocycles. The maximum Gasteiger partial charge on any atom is -0.171 e. The van der Waals surface area contributed by atoms with Crippen molar-refractivity contribution in [2.75, 3.05) is 0 Å². The number of hydrogen-bond donors (Lipinski definition) is 0. The van der Waals surface area contributed by atoms with Gasteiger partial charge in [0.15, 0.2) is 0 Å². The number of benzene rings is 1. The zero-order valence-electron chi connectivity index (χ0n) is 4.08. The van der Waals surface area contributed by atoms with Crippen molar-refractivity contribution in [3.05, 3.63) is 36.4 Å². The minimum absolute atomic E-state index is 1.25. The van der Waals surface area contributed by atoms with Crippen LogP contribution in [0.2, 0.25) is 0 Å². The maximum atomic E-state index is 9.35. The average molecular weight is 203 g/mol. The molecule has 0 spiro atoms. The van der Waals surface area contributed by atoms with Crippen LogP contribution in [0.1, 0.15) is 0 Å². The van der Waals surface area contributed by atoms with Gasteiger partial charge in [0, 0.05) is 0 Å². The number of halogens is 1. The molecule has 0 nitrogen and oxygen atoms in total. The van der Waals surface area contributed by atoms with Crippen molar-refractivity contribution >= 4 is 0 Å². The molecule has 0 N–H and O–H groups in total. The minimum Gasteiger partial charge on any atom is -0.184 e. The van der Waals surface area contributed by atoms with Crippen molar-refractivity contribution in [2.45, 2.75) is 0 Å². The summed E-state index contributed by atoms with van der Waals surface area (Å²) in [6, 6.07) is 12.5. The molecule has 46 valence electrons. The molecular weight excluding hydrogens is 197 g/mol. The van der Waals surface area contributed by atoms with E-state index in [0.717, 1.165) is 0 Å². The third-order valence-corrected chi connectivity index (χ3v) is 0.607. The summed E-state index contributed by atoms with van der Waals surface area (Å²) in [5, 5.41) is 0. The summed E-state index contributed by atoms with van der Waals surface area (Å²) in [7, 11) is 0. The summed E-state index contributed by atoms with van der Waals surface area (Å²) in [6.07, 6.45) is 0. The van der Waals surface area contributed by atoms with Crippen molar-refractivity contribution in [1.29, 1.82) is 0 Å². The predicted octanol–water partition coefficient (Wildman–Crippen LogP) is 1.90. The van der Waals surface area contributed by atoms with Crippen LogP contribution in [0.25, 0.3) is 0 Å². The quantitative estimate of drug-likeness (QED) is 0.445. The van der Waals surface area contributed by atoms with Crippen LogP contribution in [0.4, 0.5) is 3.22 Å². The molecule has 1 aromatic carbocycles. The van der Waals surface area contributed by atoms with E-state index in [1.54, 1.807) is 0 Å². The SMILES string of the molecule is [F][Pd+].[c-]1ccccc1. The van der Waals surface area contributed by atoms with Crippen molar-refractivity contribution in [2.24, 2.45) is 0 Å². The molecule has 0 aliphatic carbocycles. The molecule has 1 aromatic rings. The van der Waals surface area contributed by atoms with E-state index < -0.39 is 0 Å². The van der Waals surface area contributed by atoms with Gasteiger partial charge in [-0.2, -0.15) is 36.4 Å². The van der Waals surface area contributed by atoms with E-state index >= 15 is 0 Å². The molecule has 0 amide bonds. The van der Waals surface area contributed by atoms with Crippen LogP contribution in [0.3, 0.4) is 0 Å². The molecule has 0 unspecified atom stereocenters. The summed E-state index contributed by atoms with van der Waals surface area (Å²) in [6.45, 7) is 0. The standard InChI is InChI=1S/C6H5.FH.Pd/c1-2-4-6-5-3-1;;/h1-5H;1H;/q-1;;+2/p-1. The minimum atomic E-state index is 1.25. The molecule has 0 bridgehead atoms. The first kappa shape index (κ1) is 7.81. The van der Waals surface area contributed by atoms with Crippen LogP contribution in [-0.2, 0) is 19.7 Å². The van der Waals surface area contributed by atoms with Crippen LogP contribution in [0, 0.1) is 6.07 Å². The molecule has 1 rings (SSSR count). The van der Waals surface area contributed by atoms with E-state index in [1.165, 1.54) is 19.7 Å². The third kappa shape index (κ3) is 3.98. The van der Waals surface area contributed by atoms with Gasteiger partial charge >= 0.3 is 22.9 Å². The Kier molecular flexibility index (Phi) is 6.65. The van der Waals surface area contributed by atoms with E-state index in [4.69, 9.17) is 0 Å². The molecule has 0 atom stereocenters. The van der Waals surface area contributed by atoms with Crippen LogP contribution < -0.4 is 0 Å². The second-order valence-corrected chi connectivity index (χ2v) is 1.08. The Morgan fingerprint density at radius 1 is 1.00 bits per heavy atom. The fraction of sp³-hybridized carbons (Fsp3) is 0. The van der Waals surface area contributed by atoms with Crippen LogP contribution >= 0.6 is 0 Å². The van der Waals surface area contributed by atoms with E-state index in [2.05, 4.69) is 6.07 Å². The van der Waals surface area contributed by atoms with Gasteiger partial charge in [0.1, 0.15) is 0 Å². The molecule has 0 saturated heterocycles. The normalized spacial score (nSPS) is 6.88.